The van der Waals surface area contributed by atoms with Gasteiger partial charge in [-0.25, -0.2) is 12.8 Å². The number of aryl methyl sites for hydroxylation is 2. The van der Waals surface area contributed by atoms with E-state index in [1.807, 2.05) is 13.0 Å². The van der Waals surface area contributed by atoms with Gasteiger partial charge in [0.25, 0.3) is 15.9 Å². The lowest BCUT2D eigenvalue weighted by molar-refractivity contribution is 0.102. The summed E-state index contributed by atoms with van der Waals surface area (Å²) in [5, 5.41) is 2.58. The van der Waals surface area contributed by atoms with Crippen LogP contribution in [0.5, 0.6) is 0 Å². The van der Waals surface area contributed by atoms with Crippen molar-refractivity contribution in [1.29, 1.82) is 0 Å². The Hall–Kier alpha value is -3.19. The first-order valence-electron chi connectivity index (χ1n) is 8.52. The summed E-state index contributed by atoms with van der Waals surface area (Å²) in [5.41, 5.74) is 2.26. The molecule has 144 valence electrons. The molecule has 0 aliphatic heterocycles. The monoisotopic (exact) mass is 398 g/mol. The van der Waals surface area contributed by atoms with E-state index in [-0.39, 0.29) is 16.1 Å². The van der Waals surface area contributed by atoms with Gasteiger partial charge in [0, 0.05) is 16.9 Å². The number of hydrogen-bond donors (Lipinski definition) is 2. The Bertz CT molecular complexity index is 1140. The molecule has 5 nitrogen and oxygen atoms in total. The number of carbonyl (C=O) groups excluding carboxylic acids is 1. The Labute approximate surface area is 163 Å². The first kappa shape index (κ1) is 19.6. The van der Waals surface area contributed by atoms with Crippen molar-refractivity contribution in [2.75, 3.05) is 10.0 Å². The van der Waals surface area contributed by atoms with Crippen molar-refractivity contribution in [1.82, 2.24) is 0 Å². The molecule has 0 heterocycles. The molecular formula is C21H19FN2O3S. The van der Waals surface area contributed by atoms with Gasteiger partial charge in [-0.05, 0) is 67.4 Å². The summed E-state index contributed by atoms with van der Waals surface area (Å²) in [6.45, 7) is 3.53. The standard InChI is InChI=1S/C21H19FN2O3S/c1-14-9-10-15(2)20(11-14)28(26,27)24-19-8-3-5-16(12-19)21(25)23-18-7-4-6-17(22)13-18/h3-13,24H,1-2H3,(H,23,25). The maximum Gasteiger partial charge on any atom is 0.262 e. The quantitative estimate of drug-likeness (QED) is 0.665. The fraction of sp³-hybridized carbons (Fsp3) is 0.0952. The molecule has 0 saturated carbocycles. The van der Waals surface area contributed by atoms with Crippen LogP contribution >= 0.6 is 0 Å². The van der Waals surface area contributed by atoms with Crippen LogP contribution in [0.25, 0.3) is 0 Å². The van der Waals surface area contributed by atoms with Crippen LogP contribution in [-0.2, 0) is 10.0 Å². The van der Waals surface area contributed by atoms with Crippen LogP contribution in [0.15, 0.2) is 71.6 Å². The van der Waals surface area contributed by atoms with E-state index >= 15 is 0 Å². The van der Waals surface area contributed by atoms with Gasteiger partial charge in [-0.1, -0.05) is 24.3 Å². The van der Waals surface area contributed by atoms with Gasteiger partial charge in [-0.3, -0.25) is 9.52 Å². The summed E-state index contributed by atoms with van der Waals surface area (Å²) in [7, 11) is -3.80. The maximum absolute atomic E-state index is 13.3. The molecular weight excluding hydrogens is 379 g/mol. The normalized spacial score (nSPS) is 11.1. The largest absolute Gasteiger partial charge is 0.322 e. The zero-order chi connectivity index (χ0) is 20.3. The van der Waals surface area contributed by atoms with Gasteiger partial charge in [0.1, 0.15) is 5.82 Å². The molecule has 0 fully saturated rings. The van der Waals surface area contributed by atoms with Gasteiger partial charge < -0.3 is 5.32 Å². The van der Waals surface area contributed by atoms with Crippen molar-refractivity contribution in [3.05, 3.63) is 89.2 Å². The fourth-order valence-electron chi connectivity index (χ4n) is 2.70. The smallest absolute Gasteiger partial charge is 0.262 e. The van der Waals surface area contributed by atoms with Gasteiger partial charge in [-0.15, -0.1) is 0 Å². The predicted molar refractivity (Wildman–Crippen MR) is 108 cm³/mol. The van der Waals surface area contributed by atoms with E-state index in [1.165, 1.54) is 24.3 Å². The zero-order valence-electron chi connectivity index (χ0n) is 15.4. The molecule has 3 rings (SSSR count). The number of sulfonamides is 1. The van der Waals surface area contributed by atoms with Crippen LogP contribution in [-0.4, -0.2) is 14.3 Å². The highest BCUT2D eigenvalue weighted by molar-refractivity contribution is 7.92. The van der Waals surface area contributed by atoms with Gasteiger partial charge in [0.2, 0.25) is 0 Å². The van der Waals surface area contributed by atoms with E-state index in [9.17, 15) is 17.6 Å². The second-order valence-electron chi connectivity index (χ2n) is 6.42. The zero-order valence-corrected chi connectivity index (χ0v) is 16.2. The lowest BCUT2D eigenvalue weighted by Crippen LogP contribution is -2.16. The van der Waals surface area contributed by atoms with Crippen LogP contribution in [0.1, 0.15) is 21.5 Å². The molecule has 3 aromatic carbocycles. The minimum atomic E-state index is -3.80. The molecule has 0 bridgehead atoms. The number of rotatable bonds is 5. The first-order valence-corrected chi connectivity index (χ1v) is 10.00. The minimum Gasteiger partial charge on any atom is -0.322 e. The summed E-state index contributed by atoms with van der Waals surface area (Å²) in [5.74, 6) is -0.939. The highest BCUT2D eigenvalue weighted by Gasteiger charge is 2.18. The summed E-state index contributed by atoms with van der Waals surface area (Å²) < 4.78 is 41.2. The number of halogens is 1. The molecule has 3 aromatic rings. The van der Waals surface area contributed by atoms with E-state index in [2.05, 4.69) is 10.0 Å². The molecule has 0 atom stereocenters. The van der Waals surface area contributed by atoms with E-state index in [4.69, 9.17) is 0 Å². The van der Waals surface area contributed by atoms with Crippen LogP contribution in [0.4, 0.5) is 15.8 Å². The van der Waals surface area contributed by atoms with Crippen molar-refractivity contribution < 1.29 is 17.6 Å². The Morgan fingerprint density at radius 3 is 2.36 bits per heavy atom. The third-order valence-corrected chi connectivity index (χ3v) is 5.62. The number of hydrogen-bond acceptors (Lipinski definition) is 3. The van der Waals surface area contributed by atoms with Gasteiger partial charge in [0.15, 0.2) is 0 Å². The molecule has 1 amide bonds. The first-order chi connectivity index (χ1) is 13.2. The molecule has 2 N–H and O–H groups in total. The highest BCUT2D eigenvalue weighted by atomic mass is 32.2. The minimum absolute atomic E-state index is 0.183. The molecule has 0 radical (unpaired) electrons. The van der Waals surface area contributed by atoms with Crippen LogP contribution < -0.4 is 10.0 Å². The van der Waals surface area contributed by atoms with Crippen LogP contribution in [0.2, 0.25) is 0 Å². The second kappa shape index (κ2) is 7.82. The molecule has 0 saturated heterocycles. The molecule has 0 aromatic heterocycles. The Balaban J connectivity index is 1.83. The van der Waals surface area contributed by atoms with Crippen molar-refractivity contribution in [3.8, 4) is 0 Å². The lowest BCUT2D eigenvalue weighted by atomic mass is 10.2. The number of benzene rings is 3. The number of amides is 1. The van der Waals surface area contributed by atoms with Crippen molar-refractivity contribution in [2.24, 2.45) is 0 Å². The third kappa shape index (κ3) is 4.55. The number of carbonyl (C=O) groups is 1. The van der Waals surface area contributed by atoms with Crippen molar-refractivity contribution in [2.45, 2.75) is 18.7 Å². The summed E-state index contributed by atoms with van der Waals surface area (Å²) in [6.07, 6.45) is 0. The van der Waals surface area contributed by atoms with Crippen LogP contribution in [0.3, 0.4) is 0 Å². The molecule has 0 unspecified atom stereocenters. The number of anilines is 2. The molecule has 0 spiro atoms. The van der Waals surface area contributed by atoms with Gasteiger partial charge in [0.05, 0.1) is 4.90 Å². The Morgan fingerprint density at radius 2 is 1.61 bits per heavy atom. The topological polar surface area (TPSA) is 75.3 Å². The highest BCUT2D eigenvalue weighted by Crippen LogP contribution is 2.22. The SMILES string of the molecule is Cc1ccc(C)c(S(=O)(=O)Nc2cccc(C(=O)Nc3cccc(F)c3)c2)c1. The van der Waals surface area contributed by atoms with Gasteiger partial charge >= 0.3 is 0 Å². The second-order valence-corrected chi connectivity index (χ2v) is 8.07. The van der Waals surface area contributed by atoms with E-state index in [0.717, 1.165) is 5.56 Å². The maximum atomic E-state index is 13.3. The fourth-order valence-corrected chi connectivity index (χ4v) is 4.08. The lowest BCUT2D eigenvalue weighted by Gasteiger charge is -2.12. The Kier molecular flexibility index (Phi) is 5.46. The van der Waals surface area contributed by atoms with Gasteiger partial charge in [-0.2, -0.15) is 0 Å². The summed E-state index contributed by atoms with van der Waals surface area (Å²) >= 11 is 0. The molecule has 0 aliphatic rings. The van der Waals surface area contributed by atoms with Crippen molar-refractivity contribution in [3.63, 3.8) is 0 Å². The molecule has 0 aliphatic carbocycles. The van der Waals surface area contributed by atoms with E-state index in [1.54, 1.807) is 43.3 Å². The van der Waals surface area contributed by atoms with Crippen LogP contribution in [0, 0.1) is 19.7 Å². The van der Waals surface area contributed by atoms with Crippen molar-refractivity contribution >= 4 is 27.3 Å². The van der Waals surface area contributed by atoms with E-state index in [0.29, 0.717) is 11.3 Å². The third-order valence-electron chi connectivity index (χ3n) is 4.09. The average molecular weight is 398 g/mol. The average Bonchev–Trinajstić information content (AvgIpc) is 2.63. The molecule has 28 heavy (non-hydrogen) atoms. The summed E-state index contributed by atoms with van der Waals surface area (Å²) in [6, 6.07) is 16.8. The summed E-state index contributed by atoms with van der Waals surface area (Å²) in [4.78, 5) is 12.6. The molecule has 7 heteroatoms. The number of nitrogens with one attached hydrogen (secondary N) is 2. The van der Waals surface area contributed by atoms with E-state index < -0.39 is 21.7 Å². The Morgan fingerprint density at radius 1 is 0.893 bits per heavy atom. The predicted octanol–water partition coefficient (Wildman–Crippen LogP) is 4.50.